The van der Waals surface area contributed by atoms with E-state index >= 15 is 0 Å². The lowest BCUT2D eigenvalue weighted by atomic mass is 9.64. The van der Waals surface area contributed by atoms with Gasteiger partial charge >= 0.3 is 0 Å². The molecule has 0 spiro atoms. The summed E-state index contributed by atoms with van der Waals surface area (Å²) in [5, 5.41) is 0. The molecule has 1 rings (SSSR count). The molecule has 4 heteroatoms. The Morgan fingerprint density at radius 2 is 2.18 bits per heavy atom. The monoisotopic (exact) mass is 212 g/mol. The highest BCUT2D eigenvalue weighted by atomic mass is 79.9. The molecule has 0 aromatic carbocycles. The van der Waals surface area contributed by atoms with E-state index in [-0.39, 0.29) is 0 Å². The van der Waals surface area contributed by atoms with E-state index < -0.39 is 0 Å². The van der Waals surface area contributed by atoms with E-state index in [2.05, 4.69) is 39.7 Å². The van der Waals surface area contributed by atoms with Crippen molar-refractivity contribution >= 4 is 28.8 Å². The number of rotatable bonds is 2. The van der Waals surface area contributed by atoms with Gasteiger partial charge in [0.05, 0.1) is 6.20 Å². The number of hydrogen-bond donors (Lipinski definition) is 0. The molecule has 1 aromatic rings. The van der Waals surface area contributed by atoms with Crippen molar-refractivity contribution in [2.24, 2.45) is 0 Å². The Balaban J connectivity index is 2.71. The summed E-state index contributed by atoms with van der Waals surface area (Å²) in [6, 6.07) is 0. The molecule has 0 saturated heterocycles. The molecular weight excluding hydrogens is 203 g/mol. The quantitative estimate of drug-likeness (QED) is 0.688. The third kappa shape index (κ3) is 3.01. The number of aromatic nitrogens is 2. The van der Waals surface area contributed by atoms with E-state index in [1.807, 2.05) is 6.20 Å². The number of halogens is 1. The summed E-state index contributed by atoms with van der Waals surface area (Å²) in [4.78, 5) is 8.30. The summed E-state index contributed by atoms with van der Waals surface area (Å²) < 4.78 is 0.815. The predicted molar refractivity (Wildman–Crippen MR) is 51.6 cm³/mol. The van der Waals surface area contributed by atoms with Gasteiger partial charge < -0.3 is 0 Å². The van der Waals surface area contributed by atoms with Gasteiger partial charge in [0.15, 0.2) is 7.28 Å². The maximum atomic E-state index is 4.27. The summed E-state index contributed by atoms with van der Waals surface area (Å²) in [6.45, 7) is 4.34. The second-order valence-corrected chi connectivity index (χ2v) is 3.74. The first kappa shape index (κ1) is 8.72. The van der Waals surface area contributed by atoms with E-state index in [4.69, 9.17) is 0 Å². The molecule has 58 valence electrons. The second kappa shape index (κ2) is 3.86. The van der Waals surface area contributed by atoms with Crippen LogP contribution in [-0.2, 0) is 0 Å². The van der Waals surface area contributed by atoms with Gasteiger partial charge in [-0.2, -0.15) is 0 Å². The summed E-state index contributed by atoms with van der Waals surface area (Å²) >= 11 is 3.28. The zero-order valence-corrected chi connectivity index (χ0v) is 8.30. The highest BCUT2D eigenvalue weighted by Gasteiger charge is 2.01. The molecule has 11 heavy (non-hydrogen) atoms. The topological polar surface area (TPSA) is 25.8 Å². The van der Waals surface area contributed by atoms with Crippen molar-refractivity contribution in [3.63, 3.8) is 0 Å². The Labute approximate surface area is 75.8 Å². The van der Waals surface area contributed by atoms with Crippen LogP contribution in [0.25, 0.3) is 0 Å². The predicted octanol–water partition coefficient (Wildman–Crippen LogP) is 1.13. The molecular formula is C7H10BBrN2. The fourth-order valence-electron chi connectivity index (χ4n) is 0.896. The molecule has 0 amide bonds. The van der Waals surface area contributed by atoms with Crippen molar-refractivity contribution in [1.82, 2.24) is 9.97 Å². The summed E-state index contributed by atoms with van der Waals surface area (Å²) in [7, 11) is 0.992. The van der Waals surface area contributed by atoms with E-state index in [9.17, 15) is 0 Å². The molecule has 0 saturated carbocycles. The molecule has 0 aliphatic rings. The largest absolute Gasteiger partial charge is 0.261 e. The van der Waals surface area contributed by atoms with E-state index in [1.54, 1.807) is 6.20 Å². The molecule has 0 N–H and O–H groups in total. The van der Waals surface area contributed by atoms with Gasteiger partial charge in [0.2, 0.25) is 0 Å². The average molecular weight is 213 g/mol. The van der Waals surface area contributed by atoms with Crippen molar-refractivity contribution in [2.75, 3.05) is 0 Å². The Kier molecular flexibility index (Phi) is 3.06. The Bertz CT molecular complexity index is 240. The fourth-order valence-corrected chi connectivity index (χ4v) is 1.24. The van der Waals surface area contributed by atoms with Gasteiger partial charge in [-0.25, -0.2) is 0 Å². The summed E-state index contributed by atoms with van der Waals surface area (Å²) in [6.07, 6.45) is 3.51. The fraction of sp³-hybridized carbons (Fsp3) is 0.429. The average Bonchev–Trinajstić information content (AvgIpc) is 1.85. The Hall–Kier alpha value is -0.375. The first-order valence-corrected chi connectivity index (χ1v) is 4.44. The number of nitrogens with zero attached hydrogens (tertiary/aromatic N) is 2. The van der Waals surface area contributed by atoms with E-state index in [0.29, 0.717) is 5.82 Å². The van der Waals surface area contributed by atoms with Crippen molar-refractivity contribution in [3.05, 3.63) is 17.0 Å². The molecule has 0 fully saturated rings. The normalized spacial score (nSPS) is 10.2. The van der Waals surface area contributed by atoms with Gasteiger partial charge in [-0.05, 0) is 15.9 Å². The minimum absolute atomic E-state index is 0.638. The van der Waals surface area contributed by atoms with Crippen molar-refractivity contribution in [1.29, 1.82) is 0 Å². The molecule has 2 nitrogen and oxygen atoms in total. The molecule has 0 atom stereocenters. The standard InChI is InChI=1S/C7H10BBrN2/c1-5(2)8-6-3-10-4-7(9)11-6/h3-5,8H,1-2H3. The van der Waals surface area contributed by atoms with Crippen LogP contribution in [0.5, 0.6) is 0 Å². The van der Waals surface area contributed by atoms with Crippen molar-refractivity contribution in [2.45, 2.75) is 19.7 Å². The molecule has 1 aromatic heterocycles. The molecule has 0 bridgehead atoms. The molecule has 1 heterocycles. The highest BCUT2D eigenvalue weighted by molar-refractivity contribution is 9.10. The van der Waals surface area contributed by atoms with Crippen LogP contribution in [0.2, 0.25) is 5.82 Å². The van der Waals surface area contributed by atoms with Crippen LogP contribution in [0.4, 0.5) is 0 Å². The SMILES string of the molecule is CC(C)Bc1cncc(Br)n1. The minimum Gasteiger partial charge on any atom is -0.261 e. The van der Waals surface area contributed by atoms with Crippen LogP contribution in [0.15, 0.2) is 17.0 Å². The molecule has 0 aliphatic heterocycles. The van der Waals surface area contributed by atoms with Gasteiger partial charge in [0, 0.05) is 11.8 Å². The zero-order valence-electron chi connectivity index (χ0n) is 6.71. The van der Waals surface area contributed by atoms with Gasteiger partial charge in [-0.1, -0.05) is 19.7 Å². The Morgan fingerprint density at radius 1 is 1.45 bits per heavy atom. The van der Waals surface area contributed by atoms with Crippen LogP contribution < -0.4 is 5.59 Å². The minimum atomic E-state index is 0.638. The van der Waals surface area contributed by atoms with Gasteiger partial charge in [-0.3, -0.25) is 9.97 Å². The third-order valence-corrected chi connectivity index (χ3v) is 1.65. The smallest absolute Gasteiger partial charge is 0.187 e. The van der Waals surface area contributed by atoms with Crippen LogP contribution in [0.3, 0.4) is 0 Å². The zero-order chi connectivity index (χ0) is 8.27. The molecule has 0 aliphatic carbocycles. The first-order chi connectivity index (χ1) is 5.18. The van der Waals surface area contributed by atoms with E-state index in [1.165, 1.54) is 0 Å². The molecule has 0 radical (unpaired) electrons. The number of hydrogen-bond acceptors (Lipinski definition) is 2. The van der Waals surface area contributed by atoms with Gasteiger partial charge in [-0.15, -0.1) is 0 Å². The molecule has 0 unspecified atom stereocenters. The third-order valence-electron chi connectivity index (χ3n) is 1.27. The first-order valence-electron chi connectivity index (χ1n) is 3.65. The highest BCUT2D eigenvalue weighted by Crippen LogP contribution is 2.00. The van der Waals surface area contributed by atoms with Crippen LogP contribution in [0, 0.1) is 0 Å². The maximum Gasteiger partial charge on any atom is 0.187 e. The summed E-state index contributed by atoms with van der Waals surface area (Å²) in [5.41, 5.74) is 1.05. The van der Waals surface area contributed by atoms with Crippen molar-refractivity contribution < 1.29 is 0 Å². The van der Waals surface area contributed by atoms with Crippen LogP contribution in [-0.4, -0.2) is 17.2 Å². The van der Waals surface area contributed by atoms with Crippen LogP contribution in [0.1, 0.15) is 13.8 Å². The Morgan fingerprint density at radius 3 is 2.73 bits per heavy atom. The summed E-state index contributed by atoms with van der Waals surface area (Å²) in [5.74, 6) is 0.638. The van der Waals surface area contributed by atoms with Gasteiger partial charge in [0.1, 0.15) is 4.60 Å². The lowest BCUT2D eigenvalue weighted by Gasteiger charge is -2.00. The van der Waals surface area contributed by atoms with Crippen LogP contribution >= 0.6 is 15.9 Å². The van der Waals surface area contributed by atoms with E-state index in [0.717, 1.165) is 17.5 Å². The lowest BCUT2D eigenvalue weighted by Crippen LogP contribution is -2.21. The van der Waals surface area contributed by atoms with Gasteiger partial charge in [0.25, 0.3) is 0 Å². The second-order valence-electron chi connectivity index (χ2n) is 2.93. The lowest BCUT2D eigenvalue weighted by molar-refractivity contribution is 1.06. The van der Waals surface area contributed by atoms with Crippen molar-refractivity contribution in [3.8, 4) is 0 Å². The maximum absolute atomic E-state index is 4.27.